The van der Waals surface area contributed by atoms with Crippen LogP contribution in [0.3, 0.4) is 0 Å². The second kappa shape index (κ2) is 7.70. The largest absolute Gasteiger partial charge is 0.501 e. The second-order valence-corrected chi connectivity index (χ2v) is 5.50. The van der Waals surface area contributed by atoms with Crippen LogP contribution in [0.25, 0.3) is 0 Å². The molecule has 0 bridgehead atoms. The summed E-state index contributed by atoms with van der Waals surface area (Å²) in [5.74, 6) is -0.339. The van der Waals surface area contributed by atoms with E-state index in [1.165, 1.54) is 13.2 Å². The second-order valence-electron chi connectivity index (χ2n) is 5.50. The van der Waals surface area contributed by atoms with Gasteiger partial charge in [-0.3, -0.25) is 4.79 Å². The normalized spacial score (nSPS) is 19.1. The Hall–Kier alpha value is -1.00. The molecule has 1 aliphatic rings. The summed E-state index contributed by atoms with van der Waals surface area (Å²) in [7, 11) is 1.33. The molecule has 1 fully saturated rings. The van der Waals surface area contributed by atoms with Crippen LogP contribution < -0.4 is 0 Å². The Morgan fingerprint density at radius 3 is 2.40 bits per heavy atom. The van der Waals surface area contributed by atoms with Crippen LogP contribution in [-0.2, 0) is 9.53 Å². The van der Waals surface area contributed by atoms with Crippen molar-refractivity contribution in [1.29, 1.82) is 0 Å². The van der Waals surface area contributed by atoms with Gasteiger partial charge in [0.2, 0.25) is 0 Å². The standard InChI is InChI=1S/C15H23F3O2/c1-3-12(10-15(16,17)18)14(20-2)9-13(19)8-11-6-4-5-7-11/h9,11-12H,3-8,10H2,1-2H3/b14-9-. The van der Waals surface area contributed by atoms with E-state index in [1.54, 1.807) is 6.92 Å². The third-order valence-electron chi connectivity index (χ3n) is 3.88. The van der Waals surface area contributed by atoms with Crippen LogP contribution in [-0.4, -0.2) is 19.1 Å². The Morgan fingerprint density at radius 2 is 1.95 bits per heavy atom. The van der Waals surface area contributed by atoms with Crippen LogP contribution in [0, 0.1) is 11.8 Å². The summed E-state index contributed by atoms with van der Waals surface area (Å²) in [4.78, 5) is 11.9. The molecule has 1 aliphatic carbocycles. The highest BCUT2D eigenvalue weighted by molar-refractivity contribution is 5.90. The molecule has 0 N–H and O–H groups in total. The summed E-state index contributed by atoms with van der Waals surface area (Å²) in [6.45, 7) is 1.67. The molecule has 1 unspecified atom stereocenters. The first-order chi connectivity index (χ1) is 9.35. The van der Waals surface area contributed by atoms with Crippen LogP contribution in [0.4, 0.5) is 13.2 Å². The summed E-state index contributed by atoms with van der Waals surface area (Å²) >= 11 is 0. The lowest BCUT2D eigenvalue weighted by atomic mass is 9.96. The van der Waals surface area contributed by atoms with E-state index in [1.807, 2.05) is 0 Å². The quantitative estimate of drug-likeness (QED) is 0.504. The van der Waals surface area contributed by atoms with Gasteiger partial charge in [-0.15, -0.1) is 0 Å². The fourth-order valence-corrected chi connectivity index (χ4v) is 2.79. The van der Waals surface area contributed by atoms with Crippen molar-refractivity contribution >= 4 is 5.78 Å². The predicted octanol–water partition coefficient (Wildman–Crippen LogP) is 4.64. The number of alkyl halides is 3. The SMILES string of the molecule is CCC(CC(F)(F)F)/C(=C/C(=O)CC1CCCC1)OC. The Bertz CT molecular complexity index is 342. The third kappa shape index (κ3) is 5.97. The van der Waals surface area contributed by atoms with E-state index in [2.05, 4.69) is 0 Å². The van der Waals surface area contributed by atoms with E-state index in [4.69, 9.17) is 4.74 Å². The van der Waals surface area contributed by atoms with Crippen LogP contribution in [0.2, 0.25) is 0 Å². The molecule has 0 saturated heterocycles. The van der Waals surface area contributed by atoms with Crippen LogP contribution in [0.5, 0.6) is 0 Å². The third-order valence-corrected chi connectivity index (χ3v) is 3.88. The maximum Gasteiger partial charge on any atom is 0.389 e. The van der Waals surface area contributed by atoms with E-state index in [0.717, 1.165) is 25.7 Å². The van der Waals surface area contributed by atoms with Gasteiger partial charge in [0.25, 0.3) is 0 Å². The lowest BCUT2D eigenvalue weighted by Gasteiger charge is -2.19. The number of hydrogen-bond acceptors (Lipinski definition) is 2. The zero-order valence-electron chi connectivity index (χ0n) is 12.1. The number of carbonyl (C=O) groups excluding carboxylic acids is 1. The van der Waals surface area contributed by atoms with Gasteiger partial charge in [-0.2, -0.15) is 13.2 Å². The first-order valence-corrected chi connectivity index (χ1v) is 7.20. The van der Waals surface area contributed by atoms with Crippen LogP contribution in [0.1, 0.15) is 51.9 Å². The maximum absolute atomic E-state index is 12.5. The van der Waals surface area contributed by atoms with Gasteiger partial charge in [0, 0.05) is 18.4 Å². The van der Waals surface area contributed by atoms with Crippen LogP contribution >= 0.6 is 0 Å². The molecule has 1 rings (SSSR count). The fraction of sp³-hybridized carbons (Fsp3) is 0.800. The zero-order chi connectivity index (χ0) is 15.2. The molecule has 0 aromatic heterocycles. The van der Waals surface area contributed by atoms with Crippen molar-refractivity contribution in [2.24, 2.45) is 11.8 Å². The molecule has 0 amide bonds. The van der Waals surface area contributed by atoms with Gasteiger partial charge in [0.05, 0.1) is 13.5 Å². The summed E-state index contributed by atoms with van der Waals surface area (Å²) in [5.41, 5.74) is 0. The fourth-order valence-electron chi connectivity index (χ4n) is 2.79. The van der Waals surface area contributed by atoms with E-state index in [0.29, 0.717) is 18.8 Å². The summed E-state index contributed by atoms with van der Waals surface area (Å²) in [6.07, 6.45) is 1.19. The Kier molecular flexibility index (Phi) is 6.56. The highest BCUT2D eigenvalue weighted by Gasteiger charge is 2.33. The van der Waals surface area contributed by atoms with E-state index < -0.39 is 18.5 Å². The average Bonchev–Trinajstić information content (AvgIpc) is 2.84. The van der Waals surface area contributed by atoms with Crippen LogP contribution in [0.15, 0.2) is 11.8 Å². The van der Waals surface area contributed by atoms with Crippen molar-refractivity contribution < 1.29 is 22.7 Å². The minimum Gasteiger partial charge on any atom is -0.501 e. The van der Waals surface area contributed by atoms with Gasteiger partial charge in [0.15, 0.2) is 5.78 Å². The Morgan fingerprint density at radius 1 is 1.35 bits per heavy atom. The molecule has 0 aromatic rings. The van der Waals surface area contributed by atoms with Gasteiger partial charge in [0.1, 0.15) is 5.76 Å². The minimum atomic E-state index is -4.24. The molecular formula is C15H23F3O2. The van der Waals surface area contributed by atoms with Crippen molar-refractivity contribution in [3.63, 3.8) is 0 Å². The molecule has 20 heavy (non-hydrogen) atoms. The number of rotatable bonds is 7. The van der Waals surface area contributed by atoms with Crippen molar-refractivity contribution in [1.82, 2.24) is 0 Å². The first-order valence-electron chi connectivity index (χ1n) is 7.20. The monoisotopic (exact) mass is 292 g/mol. The summed E-state index contributed by atoms with van der Waals surface area (Å²) in [6, 6.07) is 0. The molecule has 2 nitrogen and oxygen atoms in total. The lowest BCUT2D eigenvalue weighted by molar-refractivity contribution is -0.144. The molecule has 1 saturated carbocycles. The summed E-state index contributed by atoms with van der Waals surface area (Å²) < 4.78 is 42.5. The molecule has 0 radical (unpaired) electrons. The highest BCUT2D eigenvalue weighted by Crippen LogP contribution is 2.32. The Balaban J connectivity index is 2.65. The van der Waals surface area contributed by atoms with Gasteiger partial charge in [-0.25, -0.2) is 0 Å². The molecule has 0 aromatic carbocycles. The average molecular weight is 292 g/mol. The van der Waals surface area contributed by atoms with Gasteiger partial charge < -0.3 is 4.74 Å². The number of halogens is 3. The number of methoxy groups -OCH3 is 1. The number of ether oxygens (including phenoxy) is 1. The molecule has 0 heterocycles. The van der Waals surface area contributed by atoms with Gasteiger partial charge in [-0.05, 0) is 12.3 Å². The van der Waals surface area contributed by atoms with Crippen molar-refractivity contribution in [3.8, 4) is 0 Å². The van der Waals surface area contributed by atoms with Crippen molar-refractivity contribution in [3.05, 3.63) is 11.8 Å². The van der Waals surface area contributed by atoms with Gasteiger partial charge in [-0.1, -0.05) is 32.6 Å². The summed E-state index contributed by atoms with van der Waals surface area (Å²) in [5, 5.41) is 0. The van der Waals surface area contributed by atoms with Gasteiger partial charge >= 0.3 is 6.18 Å². The highest BCUT2D eigenvalue weighted by atomic mass is 19.4. The topological polar surface area (TPSA) is 26.3 Å². The molecule has 116 valence electrons. The lowest BCUT2D eigenvalue weighted by Crippen LogP contribution is -2.18. The number of allylic oxidation sites excluding steroid dienone is 2. The van der Waals surface area contributed by atoms with E-state index >= 15 is 0 Å². The minimum absolute atomic E-state index is 0.116. The predicted molar refractivity (Wildman–Crippen MR) is 71.1 cm³/mol. The Labute approximate surface area is 118 Å². The maximum atomic E-state index is 12.5. The van der Waals surface area contributed by atoms with Crippen molar-refractivity contribution in [2.75, 3.05) is 7.11 Å². The number of ketones is 1. The molecule has 5 heteroatoms. The molecular weight excluding hydrogens is 269 g/mol. The van der Waals surface area contributed by atoms with Crippen molar-refractivity contribution in [2.45, 2.75) is 58.0 Å². The zero-order valence-corrected chi connectivity index (χ0v) is 12.1. The smallest absolute Gasteiger partial charge is 0.389 e. The number of carbonyl (C=O) groups is 1. The molecule has 0 aliphatic heterocycles. The number of hydrogen-bond donors (Lipinski definition) is 0. The van der Waals surface area contributed by atoms with E-state index in [9.17, 15) is 18.0 Å². The van der Waals surface area contributed by atoms with E-state index in [-0.39, 0.29) is 11.5 Å². The molecule has 0 spiro atoms. The molecule has 1 atom stereocenters. The first kappa shape index (κ1) is 17.1.